The minimum absolute atomic E-state index is 0.906. The predicted molar refractivity (Wildman–Crippen MR) is 140 cm³/mol. The lowest BCUT2D eigenvalue weighted by Crippen LogP contribution is -1.94. The van der Waals surface area contributed by atoms with Crippen molar-refractivity contribution in [2.75, 3.05) is 0 Å². The maximum atomic E-state index is 5.13. The van der Waals surface area contributed by atoms with Gasteiger partial charge in [-0.25, -0.2) is 4.98 Å². The second kappa shape index (κ2) is 6.10. The summed E-state index contributed by atoms with van der Waals surface area (Å²) in [6.07, 6.45) is 9.52. The summed E-state index contributed by atoms with van der Waals surface area (Å²) >= 11 is 0. The Balaban J connectivity index is 1.48. The third kappa shape index (κ3) is 2.11. The van der Waals surface area contributed by atoms with Crippen LogP contribution in [0.5, 0.6) is 0 Å². The number of nitrogens with zero attached hydrogens (tertiary/aromatic N) is 4. The molecule has 0 spiro atoms. The number of rotatable bonds is 0. The summed E-state index contributed by atoms with van der Waals surface area (Å²) in [6.45, 7) is 0. The molecule has 0 unspecified atom stereocenters. The molecule has 0 bridgehead atoms. The van der Waals surface area contributed by atoms with Crippen LogP contribution in [0.1, 0.15) is 22.3 Å². The molecular weight excluding hydrogens is 428 g/mol. The van der Waals surface area contributed by atoms with Gasteiger partial charge < -0.3 is 0 Å². The lowest BCUT2D eigenvalue weighted by molar-refractivity contribution is 1.23. The Labute approximate surface area is 200 Å². The zero-order valence-electron chi connectivity index (χ0n) is 18.8. The summed E-state index contributed by atoms with van der Waals surface area (Å²) in [4.78, 5) is 13.9. The zero-order valence-corrected chi connectivity index (χ0v) is 18.8. The Morgan fingerprint density at radius 3 is 2.49 bits per heavy atom. The minimum Gasteiger partial charge on any atom is -0.290 e. The van der Waals surface area contributed by atoms with Gasteiger partial charge in [0.25, 0.3) is 0 Å². The average molecular weight is 447 g/mol. The summed E-state index contributed by atoms with van der Waals surface area (Å²) < 4.78 is 2.27. The third-order valence-electron chi connectivity index (χ3n) is 8.01. The molecule has 9 rings (SSSR count). The van der Waals surface area contributed by atoms with E-state index in [1.54, 1.807) is 0 Å². The molecule has 2 aliphatic carbocycles. The molecule has 0 radical (unpaired) electrons. The third-order valence-corrected chi connectivity index (χ3v) is 8.01. The fourth-order valence-electron chi connectivity index (χ4n) is 6.60. The average Bonchev–Trinajstić information content (AvgIpc) is 3.59. The van der Waals surface area contributed by atoms with Crippen LogP contribution in [0.25, 0.3) is 60.6 Å². The largest absolute Gasteiger partial charge is 0.290 e. The highest BCUT2D eigenvalue weighted by atomic mass is 15.0. The molecule has 3 aromatic carbocycles. The van der Waals surface area contributed by atoms with E-state index in [4.69, 9.17) is 4.98 Å². The molecule has 0 fully saturated rings. The first kappa shape index (κ1) is 17.8. The van der Waals surface area contributed by atoms with E-state index in [1.165, 1.54) is 60.7 Å². The van der Waals surface area contributed by atoms with Gasteiger partial charge in [-0.1, -0.05) is 48.5 Å². The van der Waals surface area contributed by atoms with Gasteiger partial charge >= 0.3 is 0 Å². The first-order valence-electron chi connectivity index (χ1n) is 12.0. The first-order chi connectivity index (χ1) is 17.4. The van der Waals surface area contributed by atoms with Gasteiger partial charge in [0.15, 0.2) is 0 Å². The summed E-state index contributed by atoms with van der Waals surface area (Å²) in [6, 6.07) is 22.4. The highest BCUT2D eigenvalue weighted by molar-refractivity contribution is 6.20. The van der Waals surface area contributed by atoms with E-state index < -0.39 is 0 Å². The topological polar surface area (TPSA) is 43.1 Å². The standard InChI is InChI=1S/C31H18N4/c1-2-4-20-17(3-1)13-18-5-8-23-24(28(18)20)14-19-6-7-22-21-9-11-33-16-27(21)35-26-10-12-32-15-25(26)34-31(35)30(22)29(19)23/h1-12,15-16H,13-14H2. The number of aromatic nitrogens is 4. The molecule has 0 amide bonds. The van der Waals surface area contributed by atoms with Crippen molar-refractivity contribution < 1.29 is 0 Å². The Kier molecular flexibility index (Phi) is 3.11. The SMILES string of the molecule is c1ccc2c(c1)Cc1ccc3c(c1-2)Cc1ccc2c4ccncc4n4c5ccncc5nc4c2c1-3. The summed E-state index contributed by atoms with van der Waals surface area (Å²) in [5.41, 5.74) is 15.3. The summed E-state index contributed by atoms with van der Waals surface area (Å²) in [7, 11) is 0. The Morgan fingerprint density at radius 2 is 1.49 bits per heavy atom. The number of hydrogen-bond donors (Lipinski definition) is 0. The molecule has 0 N–H and O–H groups in total. The van der Waals surface area contributed by atoms with Crippen LogP contribution in [0.2, 0.25) is 0 Å². The summed E-state index contributed by atoms with van der Waals surface area (Å²) in [5.74, 6) is 0. The highest BCUT2D eigenvalue weighted by Gasteiger charge is 2.30. The van der Waals surface area contributed by atoms with Crippen molar-refractivity contribution in [1.82, 2.24) is 19.4 Å². The van der Waals surface area contributed by atoms with Gasteiger partial charge in [0, 0.05) is 23.2 Å². The summed E-state index contributed by atoms with van der Waals surface area (Å²) in [5, 5.41) is 3.65. The van der Waals surface area contributed by atoms with Crippen LogP contribution in [0.4, 0.5) is 0 Å². The molecule has 4 heteroatoms. The van der Waals surface area contributed by atoms with Crippen molar-refractivity contribution in [2.45, 2.75) is 12.8 Å². The van der Waals surface area contributed by atoms with Crippen molar-refractivity contribution in [1.29, 1.82) is 0 Å². The van der Waals surface area contributed by atoms with Crippen LogP contribution >= 0.6 is 0 Å². The lowest BCUT2D eigenvalue weighted by Gasteiger charge is -2.13. The van der Waals surface area contributed by atoms with E-state index in [2.05, 4.69) is 75.0 Å². The van der Waals surface area contributed by atoms with E-state index >= 15 is 0 Å². The molecule has 0 saturated heterocycles. The predicted octanol–water partition coefficient (Wildman–Crippen LogP) is 6.73. The molecule has 7 aromatic rings. The number of pyridine rings is 3. The van der Waals surface area contributed by atoms with Crippen molar-refractivity contribution in [3.8, 4) is 22.3 Å². The van der Waals surface area contributed by atoms with Crippen molar-refractivity contribution in [3.63, 3.8) is 0 Å². The fraction of sp³-hybridized carbons (Fsp3) is 0.0645. The van der Waals surface area contributed by atoms with E-state index in [0.717, 1.165) is 35.0 Å². The van der Waals surface area contributed by atoms with Crippen LogP contribution in [0.15, 0.2) is 85.5 Å². The number of imidazole rings is 1. The molecule has 0 atom stereocenters. The van der Waals surface area contributed by atoms with Crippen molar-refractivity contribution in [3.05, 3.63) is 108 Å². The second-order valence-corrected chi connectivity index (χ2v) is 9.69. The maximum Gasteiger partial charge on any atom is 0.147 e. The quantitative estimate of drug-likeness (QED) is 0.243. The smallest absolute Gasteiger partial charge is 0.147 e. The molecule has 4 aromatic heterocycles. The monoisotopic (exact) mass is 446 g/mol. The molecule has 2 aliphatic rings. The van der Waals surface area contributed by atoms with Crippen LogP contribution in [0, 0.1) is 0 Å². The molecule has 4 heterocycles. The van der Waals surface area contributed by atoms with Gasteiger partial charge in [0.05, 0.1) is 23.4 Å². The normalized spacial score (nSPS) is 13.5. The van der Waals surface area contributed by atoms with E-state index in [0.29, 0.717) is 0 Å². The second-order valence-electron chi connectivity index (χ2n) is 9.69. The van der Waals surface area contributed by atoms with Gasteiger partial charge in [-0.15, -0.1) is 0 Å². The Bertz CT molecular complexity index is 2070. The van der Waals surface area contributed by atoms with Crippen molar-refractivity contribution in [2.24, 2.45) is 0 Å². The Hall–Kier alpha value is -4.57. The highest BCUT2D eigenvalue weighted by Crippen LogP contribution is 2.50. The Morgan fingerprint density at radius 1 is 0.629 bits per heavy atom. The van der Waals surface area contributed by atoms with Crippen LogP contribution in [-0.2, 0) is 12.8 Å². The number of fused-ring (bicyclic) bond motifs is 16. The van der Waals surface area contributed by atoms with Crippen LogP contribution < -0.4 is 0 Å². The van der Waals surface area contributed by atoms with E-state index in [-0.39, 0.29) is 0 Å². The fourth-order valence-corrected chi connectivity index (χ4v) is 6.60. The van der Waals surface area contributed by atoms with Gasteiger partial charge in [-0.3, -0.25) is 14.4 Å². The maximum absolute atomic E-state index is 5.13. The van der Waals surface area contributed by atoms with Gasteiger partial charge in [0.2, 0.25) is 0 Å². The molecule has 35 heavy (non-hydrogen) atoms. The minimum atomic E-state index is 0.906. The van der Waals surface area contributed by atoms with Gasteiger partial charge in [-0.2, -0.15) is 0 Å². The van der Waals surface area contributed by atoms with E-state index in [1.807, 2.05) is 24.8 Å². The molecule has 162 valence electrons. The molecule has 4 nitrogen and oxygen atoms in total. The lowest BCUT2D eigenvalue weighted by atomic mass is 9.93. The zero-order chi connectivity index (χ0) is 22.7. The number of hydrogen-bond acceptors (Lipinski definition) is 3. The molecule has 0 aliphatic heterocycles. The van der Waals surface area contributed by atoms with E-state index in [9.17, 15) is 0 Å². The molecular formula is C31H18N4. The van der Waals surface area contributed by atoms with Gasteiger partial charge in [0.1, 0.15) is 11.2 Å². The van der Waals surface area contributed by atoms with Crippen LogP contribution in [-0.4, -0.2) is 19.4 Å². The molecule has 0 saturated carbocycles. The van der Waals surface area contributed by atoms with Crippen LogP contribution in [0.3, 0.4) is 0 Å². The van der Waals surface area contributed by atoms with Gasteiger partial charge in [-0.05, 0) is 74.9 Å². The van der Waals surface area contributed by atoms with Crippen molar-refractivity contribution >= 4 is 38.4 Å². The number of benzene rings is 3. The first-order valence-corrected chi connectivity index (χ1v) is 12.0.